The zero-order chi connectivity index (χ0) is 25.4. The molecule has 0 aromatic heterocycles. The highest BCUT2D eigenvalue weighted by Crippen LogP contribution is 2.19. The standard InChI is InChI=1S/C28H30BrFN2O3/c1-28(2,3)31-27(34)24(17-20-9-5-4-6-10-20)32(18-21-13-15-22(29)16-14-21)26(33)19-35-25-12-8-7-11-23(25)30/h4-16,24H,17-19H2,1-3H3,(H,31,34). The molecule has 0 radical (unpaired) electrons. The molecule has 7 heteroatoms. The Morgan fingerprint density at radius 1 is 0.943 bits per heavy atom. The second-order valence-electron chi connectivity index (χ2n) is 9.31. The summed E-state index contributed by atoms with van der Waals surface area (Å²) >= 11 is 3.43. The predicted octanol–water partition coefficient (Wildman–Crippen LogP) is 5.52. The van der Waals surface area contributed by atoms with Crippen LogP contribution in [0.1, 0.15) is 31.9 Å². The average molecular weight is 541 g/mol. The van der Waals surface area contributed by atoms with E-state index in [0.717, 1.165) is 15.6 Å². The number of nitrogens with one attached hydrogen (secondary N) is 1. The van der Waals surface area contributed by atoms with Crippen LogP contribution in [0.25, 0.3) is 0 Å². The fourth-order valence-electron chi connectivity index (χ4n) is 3.58. The molecule has 0 fully saturated rings. The van der Waals surface area contributed by atoms with Gasteiger partial charge in [0.2, 0.25) is 5.91 Å². The highest BCUT2D eigenvalue weighted by Gasteiger charge is 2.32. The molecular formula is C28H30BrFN2O3. The largest absolute Gasteiger partial charge is 0.481 e. The van der Waals surface area contributed by atoms with E-state index in [2.05, 4.69) is 21.2 Å². The third-order valence-corrected chi connectivity index (χ3v) is 5.75. The van der Waals surface area contributed by atoms with Crippen molar-refractivity contribution in [2.45, 2.75) is 45.3 Å². The number of para-hydroxylation sites is 1. The highest BCUT2D eigenvalue weighted by atomic mass is 79.9. The minimum atomic E-state index is -0.794. The first-order chi connectivity index (χ1) is 16.6. The number of hydrogen-bond acceptors (Lipinski definition) is 3. The minimum Gasteiger partial charge on any atom is -0.481 e. The lowest BCUT2D eigenvalue weighted by atomic mass is 10.0. The first kappa shape index (κ1) is 26.4. The van der Waals surface area contributed by atoms with Gasteiger partial charge >= 0.3 is 0 Å². The number of benzene rings is 3. The second kappa shape index (κ2) is 12.0. The van der Waals surface area contributed by atoms with E-state index in [9.17, 15) is 14.0 Å². The van der Waals surface area contributed by atoms with Crippen LogP contribution < -0.4 is 10.1 Å². The normalized spacial score (nSPS) is 12.0. The summed E-state index contributed by atoms with van der Waals surface area (Å²) in [5.74, 6) is -1.24. The minimum absolute atomic E-state index is 0.0109. The van der Waals surface area contributed by atoms with Gasteiger partial charge in [-0.2, -0.15) is 0 Å². The lowest BCUT2D eigenvalue weighted by molar-refractivity contribution is -0.143. The van der Waals surface area contributed by atoms with Gasteiger partial charge in [0.05, 0.1) is 0 Å². The number of hydrogen-bond donors (Lipinski definition) is 1. The Bertz CT molecular complexity index is 1130. The average Bonchev–Trinajstić information content (AvgIpc) is 2.81. The third kappa shape index (κ3) is 8.21. The van der Waals surface area contributed by atoms with Crippen LogP contribution in [0.4, 0.5) is 4.39 Å². The molecule has 3 aromatic rings. The van der Waals surface area contributed by atoms with Crippen LogP contribution in [0.5, 0.6) is 5.75 Å². The molecule has 0 aliphatic rings. The van der Waals surface area contributed by atoms with Gasteiger partial charge in [-0.15, -0.1) is 0 Å². The fourth-order valence-corrected chi connectivity index (χ4v) is 3.84. The summed E-state index contributed by atoms with van der Waals surface area (Å²) < 4.78 is 20.5. The smallest absolute Gasteiger partial charge is 0.261 e. The lowest BCUT2D eigenvalue weighted by Crippen LogP contribution is -2.55. The highest BCUT2D eigenvalue weighted by molar-refractivity contribution is 9.10. The second-order valence-corrected chi connectivity index (χ2v) is 10.2. The predicted molar refractivity (Wildman–Crippen MR) is 138 cm³/mol. The molecule has 1 atom stereocenters. The van der Waals surface area contributed by atoms with Crippen LogP contribution in [-0.4, -0.2) is 34.9 Å². The van der Waals surface area contributed by atoms with Gasteiger partial charge in [0.15, 0.2) is 18.2 Å². The van der Waals surface area contributed by atoms with Crippen molar-refractivity contribution >= 4 is 27.7 Å². The molecule has 0 heterocycles. The maximum absolute atomic E-state index is 14.1. The molecule has 2 amide bonds. The topological polar surface area (TPSA) is 58.6 Å². The summed E-state index contributed by atoms with van der Waals surface area (Å²) in [5, 5.41) is 3.01. The van der Waals surface area contributed by atoms with Gasteiger partial charge in [0, 0.05) is 23.0 Å². The Kier molecular flexibility index (Phi) is 9.04. The van der Waals surface area contributed by atoms with Crippen molar-refractivity contribution in [3.63, 3.8) is 0 Å². The molecule has 1 unspecified atom stereocenters. The molecule has 0 saturated carbocycles. The summed E-state index contributed by atoms with van der Waals surface area (Å²) in [6.45, 7) is 5.49. The summed E-state index contributed by atoms with van der Waals surface area (Å²) in [6, 6.07) is 22.2. The number of carbonyl (C=O) groups is 2. The fraction of sp³-hybridized carbons (Fsp3) is 0.286. The van der Waals surface area contributed by atoms with Crippen molar-refractivity contribution < 1.29 is 18.7 Å². The number of carbonyl (C=O) groups excluding carboxylic acids is 2. The number of ether oxygens (including phenoxy) is 1. The van der Waals surface area contributed by atoms with E-state index in [1.165, 1.54) is 17.0 Å². The van der Waals surface area contributed by atoms with E-state index in [4.69, 9.17) is 4.74 Å². The van der Waals surface area contributed by atoms with Crippen LogP contribution in [-0.2, 0) is 22.6 Å². The first-order valence-corrected chi connectivity index (χ1v) is 12.2. The van der Waals surface area contributed by atoms with Gasteiger partial charge < -0.3 is 15.0 Å². The molecule has 3 rings (SSSR count). The Hall–Kier alpha value is -3.19. The molecule has 5 nitrogen and oxygen atoms in total. The Balaban J connectivity index is 1.93. The zero-order valence-electron chi connectivity index (χ0n) is 20.1. The molecule has 0 aliphatic heterocycles. The van der Waals surface area contributed by atoms with Gasteiger partial charge in [0.1, 0.15) is 6.04 Å². The van der Waals surface area contributed by atoms with Crippen LogP contribution in [0.3, 0.4) is 0 Å². The molecule has 3 aromatic carbocycles. The van der Waals surface area contributed by atoms with Crippen molar-refractivity contribution in [2.24, 2.45) is 0 Å². The van der Waals surface area contributed by atoms with Gasteiger partial charge in [0.25, 0.3) is 5.91 Å². The Morgan fingerprint density at radius 3 is 2.20 bits per heavy atom. The number of amides is 2. The number of rotatable bonds is 9. The summed E-state index contributed by atoms with van der Waals surface area (Å²) in [5.41, 5.74) is 1.29. The maximum Gasteiger partial charge on any atom is 0.261 e. The monoisotopic (exact) mass is 540 g/mol. The van der Waals surface area contributed by atoms with Crippen molar-refractivity contribution in [1.82, 2.24) is 10.2 Å². The molecule has 1 N–H and O–H groups in total. The third-order valence-electron chi connectivity index (χ3n) is 5.22. The van der Waals surface area contributed by atoms with Crippen LogP contribution in [0, 0.1) is 5.82 Å². The van der Waals surface area contributed by atoms with Gasteiger partial charge in [-0.3, -0.25) is 9.59 Å². The first-order valence-electron chi connectivity index (χ1n) is 11.4. The Labute approximate surface area is 214 Å². The maximum atomic E-state index is 14.1. The van der Waals surface area contributed by atoms with Crippen LogP contribution in [0.2, 0.25) is 0 Å². The van der Waals surface area contributed by atoms with Crippen molar-refractivity contribution in [1.29, 1.82) is 0 Å². The lowest BCUT2D eigenvalue weighted by Gasteiger charge is -2.33. The summed E-state index contributed by atoms with van der Waals surface area (Å²) in [6.07, 6.45) is 0.324. The van der Waals surface area contributed by atoms with Gasteiger partial charge in [-0.25, -0.2) is 4.39 Å². The molecule has 0 spiro atoms. The van der Waals surface area contributed by atoms with Crippen LogP contribution >= 0.6 is 15.9 Å². The van der Waals surface area contributed by atoms with E-state index in [1.54, 1.807) is 12.1 Å². The van der Waals surface area contributed by atoms with E-state index in [0.29, 0.717) is 6.42 Å². The van der Waals surface area contributed by atoms with E-state index in [1.807, 2.05) is 75.4 Å². The number of nitrogens with zero attached hydrogens (tertiary/aromatic N) is 1. The van der Waals surface area contributed by atoms with Crippen molar-refractivity contribution in [3.8, 4) is 5.75 Å². The quantitative estimate of drug-likeness (QED) is 0.388. The van der Waals surface area contributed by atoms with Crippen molar-refractivity contribution in [3.05, 3.63) is 100 Å². The molecule has 0 bridgehead atoms. The summed E-state index contributed by atoms with van der Waals surface area (Å²) in [4.78, 5) is 28.5. The molecular weight excluding hydrogens is 511 g/mol. The SMILES string of the molecule is CC(C)(C)NC(=O)C(Cc1ccccc1)N(Cc1ccc(Br)cc1)C(=O)COc1ccccc1F. The van der Waals surface area contributed by atoms with E-state index >= 15 is 0 Å². The van der Waals surface area contributed by atoms with Gasteiger partial charge in [-0.05, 0) is 56.2 Å². The molecule has 0 aliphatic carbocycles. The molecule has 0 saturated heterocycles. The van der Waals surface area contributed by atoms with E-state index < -0.39 is 29.9 Å². The summed E-state index contributed by atoms with van der Waals surface area (Å²) in [7, 11) is 0. The molecule has 184 valence electrons. The van der Waals surface area contributed by atoms with Gasteiger partial charge in [-0.1, -0.05) is 70.5 Å². The van der Waals surface area contributed by atoms with E-state index in [-0.39, 0.29) is 18.2 Å². The molecule has 35 heavy (non-hydrogen) atoms. The van der Waals surface area contributed by atoms with Crippen molar-refractivity contribution in [2.75, 3.05) is 6.61 Å². The van der Waals surface area contributed by atoms with Crippen LogP contribution in [0.15, 0.2) is 83.3 Å². The zero-order valence-corrected chi connectivity index (χ0v) is 21.7. The number of halogens is 2. The Morgan fingerprint density at radius 2 is 1.57 bits per heavy atom.